The van der Waals surface area contributed by atoms with Crippen molar-refractivity contribution in [2.24, 2.45) is 5.16 Å². The van der Waals surface area contributed by atoms with Gasteiger partial charge in [0.2, 0.25) is 0 Å². The summed E-state index contributed by atoms with van der Waals surface area (Å²) >= 11 is 0. The van der Waals surface area contributed by atoms with E-state index in [0.717, 1.165) is 22.3 Å². The highest BCUT2D eigenvalue weighted by molar-refractivity contribution is 7.86. The first-order chi connectivity index (χ1) is 15.4. The lowest BCUT2D eigenvalue weighted by atomic mass is 9.86. The van der Waals surface area contributed by atoms with E-state index in [4.69, 9.17) is 4.28 Å². The number of benzene rings is 1. The first-order valence-electron chi connectivity index (χ1n) is 10.4. The van der Waals surface area contributed by atoms with Crippen LogP contribution in [0.5, 0.6) is 0 Å². The Hall–Kier alpha value is -3.32. The van der Waals surface area contributed by atoms with E-state index in [2.05, 4.69) is 15.1 Å². The maximum atomic E-state index is 12.5. The molecule has 2 aromatic heterocycles. The molecule has 2 heterocycles. The molecule has 3 rings (SSSR count). The van der Waals surface area contributed by atoms with Crippen LogP contribution in [0.1, 0.15) is 47.9 Å². The van der Waals surface area contributed by atoms with Crippen LogP contribution in [0.2, 0.25) is 0 Å². The molecule has 0 saturated carbocycles. The molecule has 0 aliphatic heterocycles. The molecule has 0 amide bonds. The lowest BCUT2D eigenvalue weighted by molar-refractivity contribution is 0.337. The van der Waals surface area contributed by atoms with Crippen LogP contribution in [0.3, 0.4) is 0 Å². The Kier molecular flexibility index (Phi) is 7.89. The van der Waals surface area contributed by atoms with Crippen molar-refractivity contribution >= 4 is 21.9 Å². The molecular formula is C25H27N3O3S. The minimum Gasteiger partial charge on any atom is -0.268 e. The zero-order valence-electron chi connectivity index (χ0n) is 18.4. The molecule has 1 aromatic carbocycles. The molecule has 32 heavy (non-hydrogen) atoms. The third-order valence-corrected chi connectivity index (χ3v) is 6.10. The Bertz CT molecular complexity index is 1110. The van der Waals surface area contributed by atoms with Crippen molar-refractivity contribution in [2.45, 2.75) is 32.6 Å². The predicted molar refractivity (Wildman–Crippen MR) is 128 cm³/mol. The van der Waals surface area contributed by atoms with Crippen LogP contribution in [0.15, 0.2) is 84.6 Å². The summed E-state index contributed by atoms with van der Waals surface area (Å²) < 4.78 is 30.1. The van der Waals surface area contributed by atoms with Crippen molar-refractivity contribution < 1.29 is 12.7 Å². The summed E-state index contributed by atoms with van der Waals surface area (Å²) in [5, 5.41) is 4.12. The molecule has 166 valence electrons. The molecule has 0 radical (unpaired) electrons. The van der Waals surface area contributed by atoms with E-state index in [9.17, 15) is 8.42 Å². The van der Waals surface area contributed by atoms with Crippen LogP contribution in [-0.2, 0) is 14.4 Å². The van der Waals surface area contributed by atoms with E-state index in [1.165, 1.54) is 0 Å². The first-order valence-corrected chi connectivity index (χ1v) is 12.0. The number of rotatable bonds is 9. The summed E-state index contributed by atoms with van der Waals surface area (Å²) in [6.07, 6.45) is 10.2. The Labute approximate surface area is 189 Å². The average Bonchev–Trinajstić information content (AvgIpc) is 2.81. The van der Waals surface area contributed by atoms with Crippen molar-refractivity contribution in [1.29, 1.82) is 0 Å². The van der Waals surface area contributed by atoms with Crippen LogP contribution in [-0.4, -0.2) is 29.9 Å². The Morgan fingerprint density at radius 1 is 0.969 bits per heavy atom. The van der Waals surface area contributed by atoms with Gasteiger partial charge in [-0.05, 0) is 35.7 Å². The SMILES string of the molecule is Cc1ccc(C=CCS(=O)(=O)ON=C(C(C)c2cccnc2)C(C)c2cccnc2)cc1. The lowest BCUT2D eigenvalue weighted by Gasteiger charge is -2.20. The molecule has 2 atom stereocenters. The van der Waals surface area contributed by atoms with Gasteiger partial charge < -0.3 is 0 Å². The van der Waals surface area contributed by atoms with Gasteiger partial charge in [0.15, 0.2) is 0 Å². The quantitative estimate of drug-likeness (QED) is 0.335. The molecule has 0 N–H and O–H groups in total. The molecule has 2 unspecified atom stereocenters. The fraction of sp³-hybridized carbons (Fsp3) is 0.240. The average molecular weight is 450 g/mol. The molecule has 0 aliphatic carbocycles. The fourth-order valence-electron chi connectivity index (χ4n) is 3.25. The molecule has 0 saturated heterocycles. The topological polar surface area (TPSA) is 81.5 Å². The third kappa shape index (κ3) is 6.59. The minimum atomic E-state index is -3.89. The highest BCUT2D eigenvalue weighted by Crippen LogP contribution is 2.27. The second-order valence-electron chi connectivity index (χ2n) is 7.64. The maximum Gasteiger partial charge on any atom is 0.332 e. The van der Waals surface area contributed by atoms with E-state index in [-0.39, 0.29) is 17.6 Å². The lowest BCUT2D eigenvalue weighted by Crippen LogP contribution is -2.19. The van der Waals surface area contributed by atoms with Crippen LogP contribution >= 0.6 is 0 Å². The van der Waals surface area contributed by atoms with Gasteiger partial charge in [0.1, 0.15) is 5.75 Å². The van der Waals surface area contributed by atoms with Crippen LogP contribution in [0.4, 0.5) is 0 Å². The molecule has 0 fully saturated rings. The normalized spacial score (nSPS) is 13.5. The van der Waals surface area contributed by atoms with Crippen molar-refractivity contribution in [3.8, 4) is 0 Å². The van der Waals surface area contributed by atoms with Gasteiger partial charge in [-0.3, -0.25) is 14.3 Å². The molecule has 3 aromatic rings. The first kappa shape index (κ1) is 23.3. The Morgan fingerprint density at radius 2 is 1.53 bits per heavy atom. The molecule has 0 aliphatic rings. The number of hydrogen-bond donors (Lipinski definition) is 0. The number of hydrogen-bond acceptors (Lipinski definition) is 6. The van der Waals surface area contributed by atoms with E-state index in [0.29, 0.717) is 5.71 Å². The number of nitrogens with zero attached hydrogens (tertiary/aromatic N) is 3. The van der Waals surface area contributed by atoms with Crippen LogP contribution in [0.25, 0.3) is 6.08 Å². The second kappa shape index (κ2) is 10.8. The minimum absolute atomic E-state index is 0.197. The van der Waals surface area contributed by atoms with Crippen molar-refractivity contribution in [2.75, 3.05) is 5.75 Å². The summed E-state index contributed by atoms with van der Waals surface area (Å²) in [5.41, 5.74) is 4.48. The molecule has 6 nitrogen and oxygen atoms in total. The fourth-order valence-corrected chi connectivity index (χ4v) is 3.84. The van der Waals surface area contributed by atoms with E-state index >= 15 is 0 Å². The van der Waals surface area contributed by atoms with E-state index in [1.54, 1.807) is 36.9 Å². The van der Waals surface area contributed by atoms with Crippen LogP contribution < -0.4 is 0 Å². The highest BCUT2D eigenvalue weighted by atomic mass is 32.2. The van der Waals surface area contributed by atoms with E-state index in [1.807, 2.05) is 69.3 Å². The molecule has 7 heteroatoms. The van der Waals surface area contributed by atoms with Crippen molar-refractivity contribution in [3.63, 3.8) is 0 Å². The maximum absolute atomic E-state index is 12.5. The number of pyridine rings is 2. The Morgan fingerprint density at radius 3 is 2.03 bits per heavy atom. The summed E-state index contributed by atoms with van der Waals surface area (Å²) in [5.74, 6) is -0.672. The second-order valence-corrected chi connectivity index (χ2v) is 9.24. The summed E-state index contributed by atoms with van der Waals surface area (Å²) in [7, 11) is -3.89. The van der Waals surface area contributed by atoms with Gasteiger partial charge in [0.05, 0.1) is 5.71 Å². The highest BCUT2D eigenvalue weighted by Gasteiger charge is 2.23. The van der Waals surface area contributed by atoms with Gasteiger partial charge in [0, 0.05) is 36.6 Å². The van der Waals surface area contributed by atoms with Gasteiger partial charge in [-0.25, -0.2) is 0 Å². The molecule has 0 bridgehead atoms. The molecule has 0 spiro atoms. The number of aromatic nitrogens is 2. The summed E-state index contributed by atoms with van der Waals surface area (Å²) in [6, 6.07) is 15.4. The van der Waals surface area contributed by atoms with Gasteiger partial charge in [-0.1, -0.05) is 73.1 Å². The zero-order valence-corrected chi connectivity index (χ0v) is 19.2. The summed E-state index contributed by atoms with van der Waals surface area (Å²) in [4.78, 5) is 8.34. The zero-order chi connectivity index (χ0) is 23.0. The predicted octanol–water partition coefficient (Wildman–Crippen LogP) is 5.11. The largest absolute Gasteiger partial charge is 0.332 e. The van der Waals surface area contributed by atoms with Gasteiger partial charge >= 0.3 is 10.1 Å². The van der Waals surface area contributed by atoms with Crippen LogP contribution in [0, 0.1) is 6.92 Å². The van der Waals surface area contributed by atoms with Gasteiger partial charge in [-0.15, -0.1) is 0 Å². The van der Waals surface area contributed by atoms with E-state index < -0.39 is 10.1 Å². The number of aryl methyl sites for hydroxylation is 1. The molecular weight excluding hydrogens is 422 g/mol. The number of oxime groups is 1. The van der Waals surface area contributed by atoms with Crippen molar-refractivity contribution in [1.82, 2.24) is 9.97 Å². The van der Waals surface area contributed by atoms with Crippen molar-refractivity contribution in [3.05, 3.63) is 102 Å². The standard InChI is InChI=1S/C25H27N3O3S/c1-19-10-12-22(13-11-19)7-6-16-32(29,30)31-28-25(20(2)23-8-4-14-26-17-23)21(3)24-9-5-15-27-18-24/h4-15,17-18,20-21H,16H2,1-3H3. The monoisotopic (exact) mass is 449 g/mol. The smallest absolute Gasteiger partial charge is 0.268 e. The van der Waals surface area contributed by atoms with Gasteiger partial charge in [-0.2, -0.15) is 8.42 Å². The third-order valence-electron chi connectivity index (χ3n) is 5.20. The van der Waals surface area contributed by atoms with Gasteiger partial charge in [0.25, 0.3) is 0 Å². The summed E-state index contributed by atoms with van der Waals surface area (Å²) in [6.45, 7) is 5.91. The Balaban J connectivity index is 1.80.